The van der Waals surface area contributed by atoms with E-state index in [0.717, 1.165) is 13.5 Å². The monoisotopic (exact) mass is 134 g/mol. The van der Waals surface area contributed by atoms with E-state index in [1.807, 2.05) is 18.0 Å². The van der Waals surface area contributed by atoms with Gasteiger partial charge in [-0.25, -0.2) is 0 Å². The molecule has 2 heteroatoms. The third kappa shape index (κ3) is 4.52. The van der Waals surface area contributed by atoms with Crippen LogP contribution in [-0.4, -0.2) is 0 Å². The molecule has 0 nitrogen and oxygen atoms in total. The van der Waals surface area contributed by atoms with Crippen LogP contribution in [0.25, 0.3) is 0 Å². The molecule has 0 aromatic carbocycles. The molecule has 0 heterocycles. The molecule has 0 N–H and O–H groups in total. The molecule has 0 amide bonds. The van der Waals surface area contributed by atoms with Crippen LogP contribution in [0.5, 0.6) is 0 Å². The van der Waals surface area contributed by atoms with E-state index >= 15 is 0 Å². The van der Waals surface area contributed by atoms with Crippen LogP contribution in [0.1, 0.15) is 6.92 Å². The fraction of sp³-hybridized carbons (Fsp3) is 0.333. The van der Waals surface area contributed by atoms with Gasteiger partial charge in [-0.15, -0.1) is 0 Å². The molecule has 34 valence electrons. The van der Waals surface area contributed by atoms with Crippen molar-refractivity contribution in [3.8, 4) is 0 Å². The van der Waals surface area contributed by atoms with Gasteiger partial charge in [-0.05, 0) is 0 Å². The van der Waals surface area contributed by atoms with Gasteiger partial charge in [0, 0.05) is 0 Å². The fourth-order valence-corrected chi connectivity index (χ4v) is 0.493. The van der Waals surface area contributed by atoms with Gasteiger partial charge in [0.1, 0.15) is 0 Å². The van der Waals surface area contributed by atoms with Crippen molar-refractivity contribution in [3.05, 3.63) is 11.1 Å². The molecule has 0 saturated heterocycles. The number of hydrogen-bond donors (Lipinski definition) is 0. The molecule has 0 radical (unpaired) electrons. The van der Waals surface area contributed by atoms with Crippen LogP contribution in [0.3, 0.4) is 0 Å². The topological polar surface area (TPSA) is 0 Å². The van der Waals surface area contributed by atoms with E-state index in [1.165, 1.54) is 0 Å². The maximum atomic E-state index is 5.15. The molecule has 0 aromatic rings. The number of hydrogen-bond acceptors (Lipinski definition) is 0. The van der Waals surface area contributed by atoms with Crippen LogP contribution in [0.4, 0.5) is 0 Å². The standard InChI is InChI=1S/C3H5.ClH.Ni/c1-3-2;;/h1,3H,2H3;1H;/q;;+1/p-1. The molecule has 5 heavy (non-hydrogen) atoms. The molecule has 0 unspecified atom stereocenters. The molecule has 0 bridgehead atoms. The Bertz CT molecular complexity index is 33.9. The van der Waals surface area contributed by atoms with Crippen molar-refractivity contribution >= 4 is 10.2 Å². The van der Waals surface area contributed by atoms with E-state index in [1.54, 1.807) is 0 Å². The van der Waals surface area contributed by atoms with E-state index in [4.69, 9.17) is 10.2 Å². The van der Waals surface area contributed by atoms with Crippen LogP contribution in [0.2, 0.25) is 0 Å². The summed E-state index contributed by atoms with van der Waals surface area (Å²) in [4.78, 5) is 0. The summed E-state index contributed by atoms with van der Waals surface area (Å²) >= 11 is 1.05. The fourth-order valence-electron chi connectivity index (χ4n) is 0.0398. The average molecular weight is 135 g/mol. The molecule has 0 fully saturated rings. The Morgan fingerprint density at radius 2 is 2.40 bits per heavy atom. The second-order valence-electron chi connectivity index (χ2n) is 0.508. The molecular formula is C3H5ClNi. The van der Waals surface area contributed by atoms with E-state index < -0.39 is 0 Å². The summed E-state index contributed by atoms with van der Waals surface area (Å²) in [5.41, 5.74) is 0. The summed E-state index contributed by atoms with van der Waals surface area (Å²) in [5, 5.41) is 1.83. The number of allylic oxidation sites excluding steroid dienone is 1. The van der Waals surface area contributed by atoms with Crippen LogP contribution in [-0.2, 0) is 13.5 Å². The van der Waals surface area contributed by atoms with E-state index in [9.17, 15) is 0 Å². The van der Waals surface area contributed by atoms with Crippen molar-refractivity contribution in [1.82, 2.24) is 0 Å². The van der Waals surface area contributed by atoms with Crippen molar-refractivity contribution < 1.29 is 13.5 Å². The number of halogens is 1. The molecule has 0 aliphatic carbocycles. The minimum absolute atomic E-state index is 1.05. The molecule has 0 aromatic heterocycles. The second kappa shape index (κ2) is 4.52. The Hall–Kier alpha value is 0.524. The zero-order valence-corrected chi connectivity index (χ0v) is 4.59. The normalized spacial score (nSPS) is 10.8. The predicted molar refractivity (Wildman–Crippen MR) is 20.7 cm³/mol. The minimum atomic E-state index is 1.05. The van der Waals surface area contributed by atoms with Crippen LogP contribution < -0.4 is 0 Å². The van der Waals surface area contributed by atoms with E-state index in [-0.39, 0.29) is 0 Å². The zero-order valence-electron chi connectivity index (χ0n) is 2.85. The zero-order chi connectivity index (χ0) is 4.12. The Kier molecular flexibility index (Phi) is 5.00. The quantitative estimate of drug-likeness (QED) is 0.480. The van der Waals surface area contributed by atoms with Crippen LogP contribution in [0, 0.1) is 0 Å². The van der Waals surface area contributed by atoms with Gasteiger partial charge in [0.15, 0.2) is 0 Å². The summed E-state index contributed by atoms with van der Waals surface area (Å²) in [6, 6.07) is 0. The third-order valence-corrected chi connectivity index (χ3v) is 0.927. The summed E-state index contributed by atoms with van der Waals surface area (Å²) in [7, 11) is 5.15. The first-order chi connectivity index (χ1) is 2.41. The predicted octanol–water partition coefficient (Wildman–Crippen LogP) is 1.76. The first kappa shape index (κ1) is 5.52. The summed E-state index contributed by atoms with van der Waals surface area (Å²) in [5.74, 6) is 0. The Morgan fingerprint density at radius 3 is 2.40 bits per heavy atom. The SMILES string of the molecule is CC=[CH][Ni][Cl]. The molecule has 0 aliphatic rings. The Morgan fingerprint density at radius 1 is 1.80 bits per heavy atom. The maximum absolute atomic E-state index is 5.15. The summed E-state index contributed by atoms with van der Waals surface area (Å²) < 4.78 is 0. The molecule has 0 spiro atoms. The Balaban J connectivity index is 2.62. The van der Waals surface area contributed by atoms with E-state index in [0.29, 0.717) is 0 Å². The van der Waals surface area contributed by atoms with Gasteiger partial charge in [0.25, 0.3) is 0 Å². The van der Waals surface area contributed by atoms with Crippen molar-refractivity contribution in [2.75, 3.05) is 0 Å². The van der Waals surface area contributed by atoms with Crippen molar-refractivity contribution in [1.29, 1.82) is 0 Å². The van der Waals surface area contributed by atoms with Crippen LogP contribution >= 0.6 is 10.2 Å². The Labute approximate surface area is 42.3 Å². The van der Waals surface area contributed by atoms with E-state index in [2.05, 4.69) is 0 Å². The van der Waals surface area contributed by atoms with Crippen molar-refractivity contribution in [3.63, 3.8) is 0 Å². The summed E-state index contributed by atoms with van der Waals surface area (Å²) in [6.07, 6.45) is 1.90. The van der Waals surface area contributed by atoms with Gasteiger partial charge >= 0.3 is 41.8 Å². The first-order valence-electron chi connectivity index (χ1n) is 1.21. The number of rotatable bonds is 1. The van der Waals surface area contributed by atoms with Crippen molar-refractivity contribution in [2.24, 2.45) is 0 Å². The van der Waals surface area contributed by atoms with Gasteiger partial charge in [-0.2, -0.15) is 0 Å². The molecule has 0 atom stereocenters. The van der Waals surface area contributed by atoms with Gasteiger partial charge in [0.2, 0.25) is 0 Å². The average Bonchev–Trinajstić information content (AvgIpc) is 1.41. The summed E-state index contributed by atoms with van der Waals surface area (Å²) in [6.45, 7) is 1.93. The molecular weight excluding hydrogens is 130 g/mol. The molecule has 0 aliphatic heterocycles. The molecule has 0 rings (SSSR count). The second-order valence-corrected chi connectivity index (χ2v) is 1.62. The van der Waals surface area contributed by atoms with Crippen LogP contribution in [0.15, 0.2) is 11.1 Å². The molecule has 0 saturated carbocycles. The third-order valence-electron chi connectivity index (χ3n) is 0.145. The van der Waals surface area contributed by atoms with Crippen molar-refractivity contribution in [2.45, 2.75) is 6.92 Å². The first-order valence-corrected chi connectivity index (χ1v) is 3.14. The van der Waals surface area contributed by atoms with Gasteiger partial charge in [-0.3, -0.25) is 0 Å². The van der Waals surface area contributed by atoms with Gasteiger partial charge in [0.05, 0.1) is 0 Å². The van der Waals surface area contributed by atoms with Gasteiger partial charge < -0.3 is 0 Å². The van der Waals surface area contributed by atoms with Gasteiger partial charge in [-0.1, -0.05) is 0 Å².